The first-order valence-corrected chi connectivity index (χ1v) is 7.51. The van der Waals surface area contributed by atoms with E-state index < -0.39 is 0 Å². The topological polar surface area (TPSA) is 21.3 Å². The summed E-state index contributed by atoms with van der Waals surface area (Å²) in [5.41, 5.74) is 1.34. The number of halogens is 1. The highest BCUT2D eigenvalue weighted by atomic mass is 79.9. The van der Waals surface area contributed by atoms with Gasteiger partial charge >= 0.3 is 0 Å². The summed E-state index contributed by atoms with van der Waals surface area (Å²) >= 11 is 3.47. The minimum absolute atomic E-state index is 0.364. The lowest BCUT2D eigenvalue weighted by molar-refractivity contribution is -0.0433. The highest BCUT2D eigenvalue weighted by Crippen LogP contribution is 2.23. The Morgan fingerprint density at radius 1 is 1.17 bits per heavy atom. The maximum atomic E-state index is 5.77. The number of hydrogen-bond donors (Lipinski definition) is 1. The molecule has 2 nitrogen and oxygen atoms in total. The average molecular weight is 312 g/mol. The molecule has 1 aromatic carbocycles. The summed E-state index contributed by atoms with van der Waals surface area (Å²) in [6.45, 7) is 6.55. The fraction of sp³-hybridized carbons (Fsp3) is 0.600. The number of rotatable bonds is 3. The summed E-state index contributed by atoms with van der Waals surface area (Å²) in [5, 5.41) is 3.72. The van der Waals surface area contributed by atoms with Crippen LogP contribution in [0, 0.1) is 0 Å². The van der Waals surface area contributed by atoms with Crippen LogP contribution < -0.4 is 5.32 Å². The van der Waals surface area contributed by atoms with Crippen molar-refractivity contribution in [3.8, 4) is 0 Å². The predicted molar refractivity (Wildman–Crippen MR) is 78.7 cm³/mol. The SMILES string of the molecule is CC1CC(N[C@H](C)c2ccc(Br)cc2)CC(C)O1. The lowest BCUT2D eigenvalue weighted by Crippen LogP contribution is -2.42. The molecule has 1 aromatic rings. The Kier molecular flexibility index (Phi) is 4.82. The Morgan fingerprint density at radius 3 is 2.28 bits per heavy atom. The molecule has 1 aliphatic heterocycles. The number of ether oxygens (including phenoxy) is 1. The molecule has 0 saturated carbocycles. The molecule has 0 aliphatic carbocycles. The first-order valence-electron chi connectivity index (χ1n) is 6.71. The van der Waals surface area contributed by atoms with Crippen LogP contribution in [0.3, 0.4) is 0 Å². The van der Waals surface area contributed by atoms with E-state index in [1.165, 1.54) is 5.56 Å². The van der Waals surface area contributed by atoms with E-state index in [0.29, 0.717) is 24.3 Å². The standard InChI is InChI=1S/C15H22BrNO/c1-10-8-15(9-11(2)18-10)17-12(3)13-4-6-14(16)7-5-13/h4-7,10-12,15,17H,8-9H2,1-3H3/t10?,11?,12-,15?/m1/s1. The van der Waals surface area contributed by atoms with Gasteiger partial charge in [0.25, 0.3) is 0 Å². The quantitative estimate of drug-likeness (QED) is 0.909. The van der Waals surface area contributed by atoms with E-state index in [1.54, 1.807) is 0 Å². The Morgan fingerprint density at radius 2 is 1.72 bits per heavy atom. The van der Waals surface area contributed by atoms with Crippen LogP contribution in [-0.4, -0.2) is 18.2 Å². The lowest BCUT2D eigenvalue weighted by Gasteiger charge is -2.34. The Bertz CT molecular complexity index is 369. The minimum atomic E-state index is 0.364. The van der Waals surface area contributed by atoms with Crippen LogP contribution in [0.5, 0.6) is 0 Å². The van der Waals surface area contributed by atoms with Gasteiger partial charge < -0.3 is 10.1 Å². The molecule has 0 amide bonds. The molecule has 3 heteroatoms. The van der Waals surface area contributed by atoms with Crippen molar-refractivity contribution in [2.75, 3.05) is 0 Å². The van der Waals surface area contributed by atoms with E-state index in [-0.39, 0.29) is 0 Å². The van der Waals surface area contributed by atoms with Gasteiger partial charge in [-0.05, 0) is 51.3 Å². The van der Waals surface area contributed by atoms with Crippen molar-refractivity contribution in [1.29, 1.82) is 0 Å². The van der Waals surface area contributed by atoms with Gasteiger partial charge in [-0.15, -0.1) is 0 Å². The molecule has 1 aliphatic rings. The van der Waals surface area contributed by atoms with Gasteiger partial charge in [0.05, 0.1) is 12.2 Å². The van der Waals surface area contributed by atoms with Crippen LogP contribution in [0.4, 0.5) is 0 Å². The van der Waals surface area contributed by atoms with Crippen LogP contribution in [0.15, 0.2) is 28.7 Å². The summed E-state index contributed by atoms with van der Waals surface area (Å²) in [7, 11) is 0. The molecule has 2 rings (SSSR count). The van der Waals surface area contributed by atoms with Gasteiger partial charge in [-0.1, -0.05) is 28.1 Å². The molecule has 18 heavy (non-hydrogen) atoms. The zero-order valence-electron chi connectivity index (χ0n) is 11.3. The summed E-state index contributed by atoms with van der Waals surface area (Å²) in [5.74, 6) is 0. The van der Waals surface area contributed by atoms with E-state index in [0.717, 1.165) is 17.3 Å². The molecule has 0 bridgehead atoms. The largest absolute Gasteiger partial charge is 0.375 e. The lowest BCUT2D eigenvalue weighted by atomic mass is 9.98. The third kappa shape index (κ3) is 3.81. The number of hydrogen-bond acceptors (Lipinski definition) is 2. The molecule has 2 unspecified atom stereocenters. The second-order valence-electron chi connectivity index (χ2n) is 5.37. The summed E-state index contributed by atoms with van der Waals surface area (Å²) in [6, 6.07) is 9.50. The fourth-order valence-corrected chi connectivity index (χ4v) is 3.01. The molecule has 1 heterocycles. The first-order chi connectivity index (χ1) is 8.54. The van der Waals surface area contributed by atoms with Crippen LogP contribution in [0.1, 0.15) is 45.2 Å². The molecule has 0 spiro atoms. The summed E-state index contributed by atoms with van der Waals surface area (Å²) < 4.78 is 6.90. The van der Waals surface area contributed by atoms with Gasteiger partial charge in [-0.25, -0.2) is 0 Å². The van der Waals surface area contributed by atoms with Crippen molar-refractivity contribution < 1.29 is 4.74 Å². The van der Waals surface area contributed by atoms with Crippen LogP contribution >= 0.6 is 15.9 Å². The Labute approximate surface area is 118 Å². The molecular weight excluding hydrogens is 290 g/mol. The van der Waals surface area contributed by atoms with E-state index in [9.17, 15) is 0 Å². The number of nitrogens with one attached hydrogen (secondary N) is 1. The highest BCUT2D eigenvalue weighted by molar-refractivity contribution is 9.10. The zero-order valence-corrected chi connectivity index (χ0v) is 12.9. The van der Waals surface area contributed by atoms with Crippen molar-refractivity contribution in [1.82, 2.24) is 5.32 Å². The van der Waals surface area contributed by atoms with Crippen molar-refractivity contribution >= 4 is 15.9 Å². The summed E-state index contributed by atoms with van der Waals surface area (Å²) in [6.07, 6.45) is 2.93. The zero-order chi connectivity index (χ0) is 13.1. The average Bonchev–Trinajstić information content (AvgIpc) is 2.28. The van der Waals surface area contributed by atoms with Gasteiger partial charge in [-0.3, -0.25) is 0 Å². The fourth-order valence-electron chi connectivity index (χ4n) is 2.74. The van der Waals surface area contributed by atoms with Crippen molar-refractivity contribution in [3.63, 3.8) is 0 Å². The maximum absolute atomic E-state index is 5.77. The van der Waals surface area contributed by atoms with Crippen molar-refractivity contribution in [2.24, 2.45) is 0 Å². The molecular formula is C15H22BrNO. The van der Waals surface area contributed by atoms with Gasteiger partial charge in [0, 0.05) is 16.6 Å². The highest BCUT2D eigenvalue weighted by Gasteiger charge is 2.25. The number of benzene rings is 1. The van der Waals surface area contributed by atoms with Gasteiger partial charge in [-0.2, -0.15) is 0 Å². The monoisotopic (exact) mass is 311 g/mol. The summed E-state index contributed by atoms with van der Waals surface area (Å²) in [4.78, 5) is 0. The normalized spacial score (nSPS) is 30.1. The van der Waals surface area contributed by atoms with Gasteiger partial charge in [0.2, 0.25) is 0 Å². The van der Waals surface area contributed by atoms with Gasteiger partial charge in [0.1, 0.15) is 0 Å². The van der Waals surface area contributed by atoms with E-state index in [2.05, 4.69) is 66.3 Å². The molecule has 1 saturated heterocycles. The van der Waals surface area contributed by atoms with Crippen molar-refractivity contribution in [2.45, 2.75) is 57.9 Å². The van der Waals surface area contributed by atoms with E-state index in [4.69, 9.17) is 4.74 Å². The third-order valence-electron chi connectivity index (χ3n) is 3.55. The smallest absolute Gasteiger partial charge is 0.0565 e. The molecule has 100 valence electrons. The second-order valence-corrected chi connectivity index (χ2v) is 6.28. The molecule has 1 fully saturated rings. The molecule has 0 aromatic heterocycles. The molecule has 3 atom stereocenters. The van der Waals surface area contributed by atoms with Crippen molar-refractivity contribution in [3.05, 3.63) is 34.3 Å². The van der Waals surface area contributed by atoms with E-state index in [1.807, 2.05) is 0 Å². The first kappa shape index (κ1) is 14.0. The Hall–Kier alpha value is -0.380. The maximum Gasteiger partial charge on any atom is 0.0565 e. The van der Waals surface area contributed by atoms with E-state index >= 15 is 0 Å². The molecule has 1 N–H and O–H groups in total. The molecule has 0 radical (unpaired) electrons. The Balaban J connectivity index is 1.94. The van der Waals surface area contributed by atoms with Gasteiger partial charge in [0.15, 0.2) is 0 Å². The van der Waals surface area contributed by atoms with Crippen LogP contribution in [0.2, 0.25) is 0 Å². The minimum Gasteiger partial charge on any atom is -0.375 e. The van der Waals surface area contributed by atoms with Crippen LogP contribution in [-0.2, 0) is 4.74 Å². The second kappa shape index (κ2) is 6.18. The third-order valence-corrected chi connectivity index (χ3v) is 4.08. The predicted octanol–water partition coefficient (Wildman–Crippen LogP) is 4.06. The van der Waals surface area contributed by atoms with Crippen LogP contribution in [0.25, 0.3) is 0 Å².